The monoisotopic (exact) mass is 217 g/mol. The molecule has 1 heterocycles. The second-order valence-corrected chi connectivity index (χ2v) is 3.50. The van der Waals surface area contributed by atoms with Gasteiger partial charge in [-0.25, -0.2) is 0 Å². The molecule has 1 rings (SSSR count). The van der Waals surface area contributed by atoms with Crippen molar-refractivity contribution in [2.75, 3.05) is 27.3 Å². The Hall–Kier alpha value is -0.900. The smallest absolute Gasteiger partial charge is 0.222 e. The molecule has 0 spiro atoms. The number of methoxy groups -OCH3 is 1. The van der Waals surface area contributed by atoms with Gasteiger partial charge in [0.1, 0.15) is 6.79 Å². The molecular weight excluding hydrogens is 194 g/mol. The Balaban J connectivity index is 0. The van der Waals surface area contributed by atoms with Gasteiger partial charge in [0.05, 0.1) is 0 Å². The van der Waals surface area contributed by atoms with Crippen molar-refractivity contribution in [3.05, 3.63) is 0 Å². The van der Waals surface area contributed by atoms with Gasteiger partial charge in [0.2, 0.25) is 5.91 Å². The molecular formula is C11H23NO3. The maximum absolute atomic E-state index is 11.1. The van der Waals surface area contributed by atoms with Crippen LogP contribution in [-0.2, 0) is 14.3 Å². The maximum atomic E-state index is 11.1. The van der Waals surface area contributed by atoms with E-state index in [4.69, 9.17) is 4.79 Å². The van der Waals surface area contributed by atoms with E-state index in [0.717, 1.165) is 19.0 Å². The Labute approximate surface area is 92.6 Å². The number of ether oxygens (including phenoxy) is 1. The van der Waals surface area contributed by atoms with Crippen LogP contribution in [0.3, 0.4) is 0 Å². The van der Waals surface area contributed by atoms with Crippen LogP contribution < -0.4 is 0 Å². The number of carbonyl (C=O) groups excluding carboxylic acids is 2. The molecule has 1 saturated heterocycles. The molecule has 0 aromatic carbocycles. The molecule has 1 fully saturated rings. The predicted octanol–water partition coefficient (Wildman–Crippen LogP) is 1.34. The first-order valence-electron chi connectivity index (χ1n) is 5.12. The summed E-state index contributed by atoms with van der Waals surface area (Å²) in [5.74, 6) is 1.03. The molecule has 0 aliphatic carbocycles. The molecule has 0 radical (unpaired) electrons. The third kappa shape index (κ3) is 8.12. The van der Waals surface area contributed by atoms with Gasteiger partial charge in [0.25, 0.3) is 0 Å². The van der Waals surface area contributed by atoms with Gasteiger partial charge in [-0.3, -0.25) is 4.79 Å². The summed E-state index contributed by atoms with van der Waals surface area (Å²) in [5.41, 5.74) is 0. The zero-order chi connectivity index (χ0) is 12.3. The van der Waals surface area contributed by atoms with Gasteiger partial charge in [0.15, 0.2) is 0 Å². The Morgan fingerprint density at radius 2 is 1.93 bits per heavy atom. The molecule has 0 N–H and O–H groups in total. The largest absolute Gasteiger partial charge is 0.388 e. The van der Waals surface area contributed by atoms with Crippen LogP contribution in [0.25, 0.3) is 0 Å². The van der Waals surface area contributed by atoms with Crippen LogP contribution in [0.5, 0.6) is 0 Å². The van der Waals surface area contributed by atoms with Crippen LogP contribution in [0.2, 0.25) is 0 Å². The number of likely N-dealkylation sites (tertiary alicyclic amines) is 1. The van der Waals surface area contributed by atoms with Gasteiger partial charge in [-0.15, -0.1) is 0 Å². The lowest BCUT2D eigenvalue weighted by molar-refractivity contribution is -0.129. The first kappa shape index (κ1) is 16.5. The van der Waals surface area contributed by atoms with Gasteiger partial charge in [-0.05, 0) is 12.3 Å². The highest BCUT2D eigenvalue weighted by Crippen LogP contribution is 2.15. The molecule has 4 nitrogen and oxygen atoms in total. The zero-order valence-electron chi connectivity index (χ0n) is 10.3. The number of hydrogen-bond donors (Lipinski definition) is 0. The van der Waals surface area contributed by atoms with E-state index in [0.29, 0.717) is 12.3 Å². The summed E-state index contributed by atoms with van der Waals surface area (Å²) in [4.78, 5) is 21.0. The maximum Gasteiger partial charge on any atom is 0.222 e. The first-order chi connectivity index (χ1) is 7.15. The molecule has 1 aliphatic heterocycles. The van der Waals surface area contributed by atoms with E-state index >= 15 is 0 Å². The lowest BCUT2D eigenvalue weighted by Crippen LogP contribution is -2.27. The van der Waals surface area contributed by atoms with E-state index in [1.165, 1.54) is 6.42 Å². The van der Waals surface area contributed by atoms with Crippen molar-refractivity contribution < 1.29 is 14.3 Å². The summed E-state index contributed by atoms with van der Waals surface area (Å²) in [5, 5.41) is 0. The molecule has 4 heteroatoms. The molecule has 0 saturated carbocycles. The van der Waals surface area contributed by atoms with Crippen molar-refractivity contribution in [1.29, 1.82) is 0 Å². The van der Waals surface area contributed by atoms with Crippen LogP contribution in [0.15, 0.2) is 0 Å². The molecule has 1 aliphatic rings. The van der Waals surface area contributed by atoms with E-state index in [1.807, 2.05) is 18.6 Å². The lowest BCUT2D eigenvalue weighted by atomic mass is 10.2. The summed E-state index contributed by atoms with van der Waals surface area (Å²) in [7, 11) is 3.25. The van der Waals surface area contributed by atoms with Crippen LogP contribution in [0, 0.1) is 5.92 Å². The minimum absolute atomic E-state index is 0.310. The average Bonchev–Trinajstić information content (AvgIpc) is 2.68. The third-order valence-electron chi connectivity index (χ3n) is 2.08. The fourth-order valence-electron chi connectivity index (χ4n) is 1.39. The number of rotatable bonds is 1. The summed E-state index contributed by atoms with van der Waals surface area (Å²) in [6, 6.07) is 0. The highest BCUT2D eigenvalue weighted by molar-refractivity contribution is 5.76. The van der Waals surface area contributed by atoms with Crippen molar-refractivity contribution in [3.63, 3.8) is 0 Å². The van der Waals surface area contributed by atoms with Crippen LogP contribution in [-0.4, -0.2) is 44.9 Å². The zero-order valence-corrected chi connectivity index (χ0v) is 10.3. The van der Waals surface area contributed by atoms with Crippen molar-refractivity contribution >= 4 is 12.7 Å². The number of nitrogens with zero attached hydrogens (tertiary/aromatic N) is 1. The Morgan fingerprint density at radius 1 is 1.47 bits per heavy atom. The predicted molar refractivity (Wildman–Crippen MR) is 60.7 cm³/mol. The molecule has 1 unspecified atom stereocenters. The molecule has 90 valence electrons. The van der Waals surface area contributed by atoms with Gasteiger partial charge in [0, 0.05) is 33.7 Å². The third-order valence-corrected chi connectivity index (χ3v) is 2.08. The topological polar surface area (TPSA) is 46.6 Å². The van der Waals surface area contributed by atoms with Gasteiger partial charge < -0.3 is 14.4 Å². The van der Waals surface area contributed by atoms with Crippen LogP contribution >= 0.6 is 0 Å². The van der Waals surface area contributed by atoms with Crippen LogP contribution in [0.1, 0.15) is 26.7 Å². The quantitative estimate of drug-likeness (QED) is 0.666. The van der Waals surface area contributed by atoms with E-state index in [-0.39, 0.29) is 0 Å². The molecule has 0 aromatic heterocycles. The van der Waals surface area contributed by atoms with Gasteiger partial charge in [-0.1, -0.05) is 13.8 Å². The molecule has 0 aromatic rings. The summed E-state index contributed by atoms with van der Waals surface area (Å²) in [6.07, 6.45) is 1.85. The number of hydrogen-bond acceptors (Lipinski definition) is 3. The van der Waals surface area contributed by atoms with Crippen LogP contribution in [0.4, 0.5) is 0 Å². The molecule has 1 amide bonds. The highest BCUT2D eigenvalue weighted by Gasteiger charge is 2.21. The standard InChI is InChI=1S/C8H15NO.C2H6O.CH2O/c1-3-8(10)9-5-4-7(2)6-9;1-3-2;1-2/h7H,3-6H2,1-2H3;1-2H3;1H2. The van der Waals surface area contributed by atoms with Crippen molar-refractivity contribution in [2.24, 2.45) is 5.92 Å². The normalized spacial score (nSPS) is 18.4. The minimum Gasteiger partial charge on any atom is -0.388 e. The van der Waals surface area contributed by atoms with Crippen molar-refractivity contribution in [2.45, 2.75) is 26.7 Å². The van der Waals surface area contributed by atoms with Crippen molar-refractivity contribution in [3.8, 4) is 0 Å². The van der Waals surface area contributed by atoms with E-state index in [2.05, 4.69) is 11.7 Å². The van der Waals surface area contributed by atoms with E-state index in [9.17, 15) is 4.79 Å². The van der Waals surface area contributed by atoms with Crippen molar-refractivity contribution in [1.82, 2.24) is 4.90 Å². The fraction of sp³-hybridized carbons (Fsp3) is 0.818. The molecule has 0 bridgehead atoms. The van der Waals surface area contributed by atoms with Gasteiger partial charge in [-0.2, -0.15) is 0 Å². The summed E-state index contributed by atoms with van der Waals surface area (Å²) < 4.78 is 4.25. The fourth-order valence-corrected chi connectivity index (χ4v) is 1.39. The first-order valence-corrected chi connectivity index (χ1v) is 5.12. The minimum atomic E-state index is 0.310. The van der Waals surface area contributed by atoms with Gasteiger partial charge >= 0.3 is 0 Å². The van der Waals surface area contributed by atoms with E-state index in [1.54, 1.807) is 14.2 Å². The Kier molecular flexibility index (Phi) is 12.3. The molecule has 1 atom stereocenters. The van der Waals surface area contributed by atoms with E-state index < -0.39 is 0 Å². The number of carbonyl (C=O) groups is 2. The molecule has 15 heavy (non-hydrogen) atoms. The SMILES string of the molecule is C=O.CCC(=O)N1CCC(C)C1.COC. The highest BCUT2D eigenvalue weighted by atomic mass is 16.4. The number of amides is 1. The lowest BCUT2D eigenvalue weighted by Gasteiger charge is -2.13. The average molecular weight is 217 g/mol. The summed E-state index contributed by atoms with van der Waals surface area (Å²) >= 11 is 0. The second-order valence-electron chi connectivity index (χ2n) is 3.50. The Morgan fingerprint density at radius 3 is 2.20 bits per heavy atom. The summed E-state index contributed by atoms with van der Waals surface area (Å²) in [6.45, 7) is 8.08. The Bertz CT molecular complexity index is 162. The second kappa shape index (κ2) is 11.2.